The van der Waals surface area contributed by atoms with Crippen LogP contribution in [0.15, 0.2) is 33.5 Å². The fourth-order valence-corrected chi connectivity index (χ4v) is 5.22. The smallest absolute Gasteiger partial charge is 0.251 e. The number of carbonyl (C=O) groups is 1. The number of thioether (sulfide) groups is 1. The topological polar surface area (TPSA) is 79.0 Å². The van der Waals surface area contributed by atoms with Gasteiger partial charge in [-0.15, -0.1) is 11.3 Å². The highest BCUT2D eigenvalue weighted by atomic mass is 32.2. The number of H-pyrrole nitrogens is 1. The average molecular weight is 443 g/mol. The lowest BCUT2D eigenvalue weighted by Crippen LogP contribution is -2.24. The molecule has 0 atom stereocenters. The highest BCUT2D eigenvalue weighted by Crippen LogP contribution is 2.35. The molecule has 3 aromatic rings. The van der Waals surface area contributed by atoms with Crippen molar-refractivity contribution in [1.82, 2.24) is 15.0 Å². The normalized spacial score (nSPS) is 11.0. The summed E-state index contributed by atoms with van der Waals surface area (Å²) in [6.45, 7) is 9.70. The molecule has 1 amide bonds. The van der Waals surface area contributed by atoms with Crippen molar-refractivity contribution in [3.63, 3.8) is 0 Å². The zero-order valence-corrected chi connectivity index (χ0v) is 19.5. The van der Waals surface area contributed by atoms with Crippen LogP contribution in [0.2, 0.25) is 0 Å². The van der Waals surface area contributed by atoms with Gasteiger partial charge in [0.15, 0.2) is 10.3 Å². The molecule has 0 aliphatic heterocycles. The summed E-state index contributed by atoms with van der Waals surface area (Å²) < 4.78 is 0. The van der Waals surface area contributed by atoms with Crippen molar-refractivity contribution >= 4 is 39.8 Å². The summed E-state index contributed by atoms with van der Waals surface area (Å²) in [7, 11) is 0. The Labute approximate surface area is 184 Å². The zero-order chi connectivity index (χ0) is 21.8. The third-order valence-electron chi connectivity index (χ3n) is 4.54. The van der Waals surface area contributed by atoms with Gasteiger partial charge in [0.2, 0.25) is 5.91 Å². The van der Waals surface area contributed by atoms with Crippen molar-refractivity contribution in [3.8, 4) is 0 Å². The van der Waals surface area contributed by atoms with Gasteiger partial charge >= 0.3 is 0 Å². The monoisotopic (exact) mass is 442 g/mol. The molecular formula is C22H26N4O2S2. The largest absolute Gasteiger partial charge is 0.301 e. The standard InChI is InChI=1S/C22H26N4O2S2/c1-6-7-17-10-19(28)25-21(23-17)29-11-18-12-30-22(24-18)26(16(5)27)20-14(3)8-13(2)9-15(20)4/h8-10,12H,6-7,11H2,1-5H3,(H,23,25,28). The molecule has 30 heavy (non-hydrogen) atoms. The number of aromatic amines is 1. The lowest BCUT2D eigenvalue weighted by atomic mass is 10.0. The van der Waals surface area contributed by atoms with E-state index in [9.17, 15) is 9.59 Å². The molecule has 6 nitrogen and oxygen atoms in total. The van der Waals surface area contributed by atoms with Crippen LogP contribution in [-0.2, 0) is 17.0 Å². The minimum atomic E-state index is -0.136. The van der Waals surface area contributed by atoms with Gasteiger partial charge in [0.05, 0.1) is 11.4 Å². The molecule has 1 N–H and O–H groups in total. The SMILES string of the molecule is CCCc1cc(=O)[nH]c(SCc2csc(N(C(C)=O)c3c(C)cc(C)cc3C)n2)n1. The van der Waals surface area contributed by atoms with Crippen LogP contribution in [0.5, 0.6) is 0 Å². The van der Waals surface area contributed by atoms with E-state index in [-0.39, 0.29) is 11.5 Å². The fourth-order valence-electron chi connectivity index (χ4n) is 3.46. The maximum absolute atomic E-state index is 12.5. The summed E-state index contributed by atoms with van der Waals surface area (Å²) in [6, 6.07) is 5.70. The highest BCUT2D eigenvalue weighted by Gasteiger charge is 2.22. The minimum Gasteiger partial charge on any atom is -0.301 e. The van der Waals surface area contributed by atoms with Gasteiger partial charge in [0.25, 0.3) is 5.56 Å². The molecule has 2 heterocycles. The van der Waals surface area contributed by atoms with Crippen LogP contribution in [-0.4, -0.2) is 20.9 Å². The van der Waals surface area contributed by atoms with Gasteiger partial charge in [0, 0.05) is 29.8 Å². The number of carbonyl (C=O) groups excluding carboxylic acids is 1. The molecule has 158 valence electrons. The first-order chi connectivity index (χ1) is 14.3. The quantitative estimate of drug-likeness (QED) is 0.408. The number of nitrogens with zero attached hydrogens (tertiary/aromatic N) is 3. The van der Waals surface area contributed by atoms with E-state index in [1.807, 2.05) is 19.2 Å². The molecule has 0 bridgehead atoms. The first-order valence-corrected chi connectivity index (χ1v) is 11.7. The predicted molar refractivity (Wildman–Crippen MR) is 124 cm³/mol. The Morgan fingerprint density at radius 1 is 1.13 bits per heavy atom. The van der Waals surface area contributed by atoms with Gasteiger partial charge in [-0.1, -0.05) is 42.8 Å². The van der Waals surface area contributed by atoms with Gasteiger partial charge in [-0.25, -0.2) is 9.97 Å². The van der Waals surface area contributed by atoms with E-state index in [1.165, 1.54) is 28.7 Å². The summed E-state index contributed by atoms with van der Waals surface area (Å²) in [5, 5.41) is 3.19. The lowest BCUT2D eigenvalue weighted by Gasteiger charge is -2.23. The van der Waals surface area contributed by atoms with Crippen molar-refractivity contribution in [3.05, 3.63) is 62.0 Å². The summed E-state index contributed by atoms with van der Waals surface area (Å²) in [5.41, 5.74) is 5.66. The maximum Gasteiger partial charge on any atom is 0.251 e. The van der Waals surface area contributed by atoms with Crippen molar-refractivity contribution in [2.24, 2.45) is 0 Å². The Balaban J connectivity index is 1.83. The van der Waals surface area contributed by atoms with Crippen molar-refractivity contribution in [1.29, 1.82) is 0 Å². The molecule has 0 aliphatic rings. The number of hydrogen-bond acceptors (Lipinski definition) is 6. The lowest BCUT2D eigenvalue weighted by molar-refractivity contribution is -0.115. The molecule has 3 rings (SSSR count). The van der Waals surface area contributed by atoms with E-state index >= 15 is 0 Å². The van der Waals surface area contributed by atoms with E-state index in [2.05, 4.69) is 35.9 Å². The number of benzene rings is 1. The second kappa shape index (κ2) is 9.57. The van der Waals surface area contributed by atoms with Gasteiger partial charge in [-0.3, -0.25) is 14.5 Å². The Morgan fingerprint density at radius 3 is 2.47 bits per heavy atom. The predicted octanol–water partition coefficient (Wildman–Crippen LogP) is 5.08. The number of hydrogen-bond donors (Lipinski definition) is 1. The van der Waals surface area contributed by atoms with Crippen molar-refractivity contribution in [2.75, 3.05) is 4.90 Å². The number of rotatable bonds is 7. The molecule has 0 fully saturated rings. The summed E-state index contributed by atoms with van der Waals surface area (Å²) in [5.74, 6) is 0.490. The Kier molecular flexibility index (Phi) is 7.10. The molecule has 0 radical (unpaired) electrons. The summed E-state index contributed by atoms with van der Waals surface area (Å²) in [4.78, 5) is 38.0. The van der Waals surface area contributed by atoms with Crippen LogP contribution < -0.4 is 10.5 Å². The van der Waals surface area contributed by atoms with Gasteiger partial charge in [-0.2, -0.15) is 0 Å². The Bertz CT molecular complexity index is 1100. The van der Waals surface area contributed by atoms with Crippen LogP contribution in [0.3, 0.4) is 0 Å². The molecule has 0 unspecified atom stereocenters. The van der Waals surface area contributed by atoms with Crippen LogP contribution in [0, 0.1) is 20.8 Å². The van der Waals surface area contributed by atoms with Crippen LogP contribution >= 0.6 is 23.1 Å². The Hall–Kier alpha value is -2.45. The first kappa shape index (κ1) is 22.2. The van der Waals surface area contributed by atoms with E-state index in [0.717, 1.165) is 41.0 Å². The van der Waals surface area contributed by atoms with Crippen LogP contribution in [0.4, 0.5) is 10.8 Å². The molecule has 0 spiro atoms. The summed E-state index contributed by atoms with van der Waals surface area (Å²) in [6.07, 6.45) is 1.72. The van der Waals surface area contributed by atoms with Gasteiger partial charge in [-0.05, 0) is 38.3 Å². The number of anilines is 2. The molecule has 0 aliphatic carbocycles. The minimum absolute atomic E-state index is 0.0723. The highest BCUT2D eigenvalue weighted by molar-refractivity contribution is 7.98. The first-order valence-electron chi connectivity index (χ1n) is 9.84. The number of amides is 1. The molecule has 0 saturated heterocycles. The van der Waals surface area contributed by atoms with Crippen molar-refractivity contribution < 1.29 is 4.79 Å². The van der Waals surface area contributed by atoms with Crippen molar-refractivity contribution in [2.45, 2.75) is 58.4 Å². The molecule has 0 saturated carbocycles. The van der Waals surface area contributed by atoms with E-state index in [4.69, 9.17) is 4.98 Å². The number of nitrogens with one attached hydrogen (secondary N) is 1. The fraction of sp³-hybridized carbons (Fsp3) is 0.364. The average Bonchev–Trinajstić information content (AvgIpc) is 3.10. The summed E-state index contributed by atoms with van der Waals surface area (Å²) >= 11 is 2.88. The zero-order valence-electron chi connectivity index (χ0n) is 17.9. The third-order valence-corrected chi connectivity index (χ3v) is 6.32. The van der Waals surface area contributed by atoms with E-state index in [1.54, 1.807) is 17.9 Å². The Morgan fingerprint density at radius 2 is 1.83 bits per heavy atom. The van der Waals surface area contributed by atoms with E-state index < -0.39 is 0 Å². The molecule has 1 aromatic carbocycles. The van der Waals surface area contributed by atoms with Crippen LogP contribution in [0.1, 0.15) is 48.3 Å². The van der Waals surface area contributed by atoms with Crippen LogP contribution in [0.25, 0.3) is 0 Å². The molecular weight excluding hydrogens is 416 g/mol. The second-order valence-electron chi connectivity index (χ2n) is 7.30. The third kappa shape index (κ3) is 5.17. The van der Waals surface area contributed by atoms with Gasteiger partial charge < -0.3 is 4.98 Å². The molecule has 2 aromatic heterocycles. The second-order valence-corrected chi connectivity index (χ2v) is 9.10. The van der Waals surface area contributed by atoms with Gasteiger partial charge in [0.1, 0.15) is 0 Å². The van der Waals surface area contributed by atoms with E-state index in [0.29, 0.717) is 16.0 Å². The number of aryl methyl sites for hydroxylation is 4. The number of aromatic nitrogens is 3. The maximum atomic E-state index is 12.5. The molecule has 8 heteroatoms. The number of thiazole rings is 1.